The highest BCUT2D eigenvalue weighted by atomic mass is 19.4. The Balaban J connectivity index is 2.23. The lowest BCUT2D eigenvalue weighted by molar-refractivity contribution is -0.229. The van der Waals surface area contributed by atoms with Crippen molar-refractivity contribution in [3.63, 3.8) is 0 Å². The Labute approximate surface area is 166 Å². The molecule has 30 heavy (non-hydrogen) atoms. The fourth-order valence-corrected chi connectivity index (χ4v) is 2.93. The molecule has 0 bridgehead atoms. The van der Waals surface area contributed by atoms with Gasteiger partial charge in [-0.25, -0.2) is 0 Å². The molecule has 5 atom stereocenters. The molecule has 0 aromatic heterocycles. The van der Waals surface area contributed by atoms with Gasteiger partial charge in [-0.3, -0.25) is 4.79 Å². The molecule has 1 aromatic rings. The third-order valence-corrected chi connectivity index (χ3v) is 4.53. The first kappa shape index (κ1) is 24.3. The van der Waals surface area contributed by atoms with E-state index in [1.54, 1.807) is 0 Å². The molecule has 1 aliphatic rings. The molecule has 2 rings (SSSR count). The lowest BCUT2D eigenvalue weighted by Crippen LogP contribution is -2.58. The summed E-state index contributed by atoms with van der Waals surface area (Å²) < 4.78 is 82.7. The van der Waals surface area contributed by atoms with Crippen molar-refractivity contribution in [3.05, 3.63) is 41.0 Å². The van der Waals surface area contributed by atoms with Crippen LogP contribution in [0.5, 0.6) is 0 Å². The maximum absolute atomic E-state index is 13.1. The van der Waals surface area contributed by atoms with Crippen LogP contribution in [0.3, 0.4) is 0 Å². The molecule has 0 amide bonds. The fraction of sp³-hybridized carbons (Fsp3) is 0.500. The number of alkyl halides is 6. The number of allylic oxidation sites excluding steroid dienone is 1. The van der Waals surface area contributed by atoms with Crippen LogP contribution in [0.2, 0.25) is 0 Å². The van der Waals surface area contributed by atoms with E-state index in [-0.39, 0.29) is 18.2 Å². The monoisotopic (exact) mass is 444 g/mol. The number of ketones is 1. The molecular formula is C18H18F6O6. The quantitative estimate of drug-likeness (QED) is 0.406. The van der Waals surface area contributed by atoms with E-state index in [0.29, 0.717) is 12.2 Å². The van der Waals surface area contributed by atoms with Gasteiger partial charge in [0.1, 0.15) is 24.4 Å². The zero-order chi connectivity index (χ0) is 22.9. The number of benzene rings is 1. The number of hydrogen-bond acceptors (Lipinski definition) is 6. The van der Waals surface area contributed by atoms with Crippen LogP contribution in [0.4, 0.5) is 26.3 Å². The van der Waals surface area contributed by atoms with Gasteiger partial charge in [0.05, 0.1) is 23.8 Å². The molecule has 4 N–H and O–H groups in total. The van der Waals surface area contributed by atoms with Gasteiger partial charge in [-0.2, -0.15) is 26.3 Å². The van der Waals surface area contributed by atoms with Gasteiger partial charge in [-0.05, 0) is 29.8 Å². The van der Waals surface area contributed by atoms with Crippen molar-refractivity contribution in [1.29, 1.82) is 0 Å². The first-order chi connectivity index (χ1) is 13.8. The van der Waals surface area contributed by atoms with Crippen LogP contribution in [0.25, 0.3) is 6.08 Å². The van der Waals surface area contributed by atoms with Crippen molar-refractivity contribution in [1.82, 2.24) is 0 Å². The Bertz CT molecular complexity index is 788. The minimum Gasteiger partial charge on any atom is -0.394 e. The second-order valence-electron chi connectivity index (χ2n) is 6.67. The minimum absolute atomic E-state index is 0.250. The van der Waals surface area contributed by atoms with Gasteiger partial charge >= 0.3 is 12.4 Å². The van der Waals surface area contributed by atoms with Crippen LogP contribution in [0, 0.1) is 0 Å². The van der Waals surface area contributed by atoms with Crippen LogP contribution in [0.15, 0.2) is 24.3 Å². The molecule has 1 aromatic carbocycles. The summed E-state index contributed by atoms with van der Waals surface area (Å²) >= 11 is 0. The third-order valence-electron chi connectivity index (χ3n) is 4.53. The Morgan fingerprint density at radius 2 is 1.57 bits per heavy atom. The van der Waals surface area contributed by atoms with Crippen molar-refractivity contribution >= 4 is 11.9 Å². The van der Waals surface area contributed by atoms with E-state index in [1.165, 1.54) is 0 Å². The first-order valence-corrected chi connectivity index (χ1v) is 8.55. The molecule has 0 aliphatic carbocycles. The SMILES string of the molecule is O=C(/C=C/c1cc(C(F)(F)F)ccc1C(F)(F)F)C[C@@H]1O[C@H](CO)[C@H](O)[C@H](O)[C@H]1O. The van der Waals surface area contributed by atoms with Gasteiger partial charge < -0.3 is 25.2 Å². The van der Waals surface area contributed by atoms with Crippen LogP contribution < -0.4 is 0 Å². The maximum Gasteiger partial charge on any atom is 0.416 e. The summed E-state index contributed by atoms with van der Waals surface area (Å²) in [6.45, 7) is -0.745. The highest BCUT2D eigenvalue weighted by Crippen LogP contribution is 2.37. The lowest BCUT2D eigenvalue weighted by atomic mass is 9.92. The van der Waals surface area contributed by atoms with Crippen LogP contribution in [0.1, 0.15) is 23.1 Å². The van der Waals surface area contributed by atoms with E-state index in [9.17, 15) is 46.5 Å². The van der Waals surface area contributed by atoms with Gasteiger partial charge in [-0.1, -0.05) is 6.08 Å². The standard InChI is InChI=1S/C18H18F6O6/c19-17(20,21)9-2-4-11(18(22,23)24)8(5-9)1-3-10(26)6-12-14(27)16(29)15(28)13(7-25)30-12/h1-5,12-16,25,27-29H,6-7H2/b3-1+/t12-,13+,14-,15-,16+/m0/s1. The van der Waals surface area contributed by atoms with Crippen molar-refractivity contribution in [2.75, 3.05) is 6.61 Å². The van der Waals surface area contributed by atoms with Gasteiger partial charge in [0.25, 0.3) is 0 Å². The molecule has 1 fully saturated rings. The van der Waals surface area contributed by atoms with E-state index < -0.39 is 78.4 Å². The predicted molar refractivity (Wildman–Crippen MR) is 88.9 cm³/mol. The van der Waals surface area contributed by atoms with Gasteiger partial charge in [0.2, 0.25) is 0 Å². The molecule has 1 heterocycles. The average Bonchev–Trinajstić information content (AvgIpc) is 2.65. The Morgan fingerprint density at radius 3 is 2.10 bits per heavy atom. The first-order valence-electron chi connectivity index (χ1n) is 8.55. The van der Waals surface area contributed by atoms with Crippen molar-refractivity contribution < 1.29 is 56.3 Å². The number of aliphatic hydroxyl groups excluding tert-OH is 4. The molecule has 0 spiro atoms. The highest BCUT2D eigenvalue weighted by Gasteiger charge is 2.43. The van der Waals surface area contributed by atoms with Crippen molar-refractivity contribution in [2.24, 2.45) is 0 Å². The molecular weight excluding hydrogens is 426 g/mol. The summed E-state index contributed by atoms with van der Waals surface area (Å²) in [5, 5.41) is 38.3. The number of hydrogen-bond donors (Lipinski definition) is 4. The lowest BCUT2D eigenvalue weighted by Gasteiger charge is -2.39. The number of carbonyl (C=O) groups is 1. The van der Waals surface area contributed by atoms with Gasteiger partial charge in [0, 0.05) is 6.42 Å². The van der Waals surface area contributed by atoms with Crippen LogP contribution >= 0.6 is 0 Å². The summed E-state index contributed by atoms with van der Waals surface area (Å²) in [5.74, 6) is -0.926. The van der Waals surface area contributed by atoms with Crippen LogP contribution in [-0.4, -0.2) is 63.3 Å². The van der Waals surface area contributed by atoms with Gasteiger partial charge in [-0.15, -0.1) is 0 Å². The Morgan fingerprint density at radius 1 is 0.967 bits per heavy atom. The summed E-state index contributed by atoms with van der Waals surface area (Å²) in [5.41, 5.74) is -3.61. The van der Waals surface area contributed by atoms with Gasteiger partial charge in [0.15, 0.2) is 5.78 Å². The summed E-state index contributed by atoms with van der Waals surface area (Å²) in [4.78, 5) is 12.1. The van der Waals surface area contributed by atoms with E-state index >= 15 is 0 Å². The molecule has 0 radical (unpaired) electrons. The summed E-state index contributed by atoms with van der Waals surface area (Å²) in [6, 6.07) is 0.779. The highest BCUT2D eigenvalue weighted by molar-refractivity contribution is 5.94. The largest absolute Gasteiger partial charge is 0.416 e. The zero-order valence-electron chi connectivity index (χ0n) is 15.1. The molecule has 168 valence electrons. The maximum atomic E-state index is 13.1. The predicted octanol–water partition coefficient (Wildman–Crippen LogP) is 1.54. The molecule has 6 nitrogen and oxygen atoms in total. The van der Waals surface area contributed by atoms with E-state index in [0.717, 1.165) is 0 Å². The number of aliphatic hydroxyl groups is 4. The van der Waals surface area contributed by atoms with E-state index in [1.807, 2.05) is 0 Å². The van der Waals surface area contributed by atoms with Crippen molar-refractivity contribution in [3.8, 4) is 0 Å². The smallest absolute Gasteiger partial charge is 0.394 e. The fourth-order valence-electron chi connectivity index (χ4n) is 2.93. The zero-order valence-corrected chi connectivity index (χ0v) is 15.1. The molecule has 1 saturated heterocycles. The second-order valence-corrected chi connectivity index (χ2v) is 6.67. The third kappa shape index (κ3) is 5.58. The van der Waals surface area contributed by atoms with E-state index in [4.69, 9.17) is 9.84 Å². The average molecular weight is 444 g/mol. The van der Waals surface area contributed by atoms with E-state index in [2.05, 4.69) is 0 Å². The Hall–Kier alpha value is -1.99. The molecule has 0 saturated carbocycles. The normalized spacial score (nSPS) is 28.1. The number of rotatable bonds is 5. The second kappa shape index (κ2) is 9.02. The molecule has 0 unspecified atom stereocenters. The van der Waals surface area contributed by atoms with Crippen LogP contribution in [-0.2, 0) is 21.9 Å². The number of carbonyl (C=O) groups excluding carboxylic acids is 1. The molecule has 12 heteroatoms. The summed E-state index contributed by atoms with van der Waals surface area (Å²) in [7, 11) is 0. The number of halogens is 6. The topological polar surface area (TPSA) is 107 Å². The Kier molecular flexibility index (Phi) is 7.30. The molecule has 1 aliphatic heterocycles. The number of ether oxygens (including phenoxy) is 1. The van der Waals surface area contributed by atoms with Crippen molar-refractivity contribution in [2.45, 2.75) is 49.3 Å². The summed E-state index contributed by atoms with van der Waals surface area (Å²) in [6.07, 6.45) is -17.2. The minimum atomic E-state index is -4.97.